The molecule has 4 heteroatoms. The van der Waals surface area contributed by atoms with E-state index in [0.29, 0.717) is 6.04 Å². The molecule has 2 fully saturated rings. The Morgan fingerprint density at radius 1 is 1.29 bits per heavy atom. The minimum atomic E-state index is 0.625. The van der Waals surface area contributed by atoms with Gasteiger partial charge in [0.2, 0.25) is 0 Å². The molecule has 2 aromatic rings. The molecule has 0 spiro atoms. The Balaban J connectivity index is 1.59. The van der Waals surface area contributed by atoms with Crippen LogP contribution in [-0.2, 0) is 6.54 Å². The summed E-state index contributed by atoms with van der Waals surface area (Å²) in [5.74, 6) is 1.09. The zero-order valence-electron chi connectivity index (χ0n) is 13.0. The summed E-state index contributed by atoms with van der Waals surface area (Å²) >= 11 is 0. The van der Waals surface area contributed by atoms with Crippen molar-refractivity contribution in [3.05, 3.63) is 35.9 Å². The van der Waals surface area contributed by atoms with Crippen LogP contribution in [0.2, 0.25) is 0 Å². The molecule has 2 saturated heterocycles. The van der Waals surface area contributed by atoms with Crippen molar-refractivity contribution < 1.29 is 0 Å². The maximum absolute atomic E-state index is 4.81. The Kier molecular flexibility index (Phi) is 3.23. The first-order valence-corrected chi connectivity index (χ1v) is 8.13. The van der Waals surface area contributed by atoms with Crippen LogP contribution in [0.3, 0.4) is 0 Å². The van der Waals surface area contributed by atoms with Crippen molar-refractivity contribution in [2.45, 2.75) is 45.3 Å². The van der Waals surface area contributed by atoms with Gasteiger partial charge in [0, 0.05) is 37.9 Å². The van der Waals surface area contributed by atoms with Crippen molar-refractivity contribution in [1.29, 1.82) is 0 Å². The predicted octanol–water partition coefficient (Wildman–Crippen LogP) is 2.31. The average molecular weight is 284 g/mol. The van der Waals surface area contributed by atoms with Gasteiger partial charge in [0.15, 0.2) is 0 Å². The summed E-state index contributed by atoms with van der Waals surface area (Å²) < 4.78 is 2.20. The number of fused-ring (bicyclic) bond motifs is 2. The number of imidazole rings is 1. The summed E-state index contributed by atoms with van der Waals surface area (Å²) in [6.45, 7) is 9.15. The van der Waals surface area contributed by atoms with Crippen LogP contribution < -0.4 is 0 Å². The molecular formula is C17H24N4. The van der Waals surface area contributed by atoms with Gasteiger partial charge >= 0.3 is 0 Å². The lowest BCUT2D eigenvalue weighted by molar-refractivity contribution is 0.0535. The third kappa shape index (κ3) is 2.27. The van der Waals surface area contributed by atoms with Crippen molar-refractivity contribution in [3.8, 4) is 0 Å². The van der Waals surface area contributed by atoms with Crippen LogP contribution >= 0.6 is 0 Å². The van der Waals surface area contributed by atoms with E-state index >= 15 is 0 Å². The Bertz CT molecular complexity index is 647. The molecular weight excluding hydrogens is 260 g/mol. The van der Waals surface area contributed by atoms with Crippen molar-refractivity contribution >= 4 is 5.52 Å². The topological polar surface area (TPSA) is 23.8 Å². The number of nitrogens with zero attached hydrogens (tertiary/aromatic N) is 4. The molecule has 2 aromatic heterocycles. The SMILES string of the molecule is Cc1nc(CN2C[C@H]3CCCN3C[C@H]2C)c2ccccn12. The van der Waals surface area contributed by atoms with Crippen LogP contribution in [0.25, 0.3) is 5.52 Å². The second-order valence-electron chi connectivity index (χ2n) is 6.63. The number of aromatic nitrogens is 2. The van der Waals surface area contributed by atoms with E-state index in [1.807, 2.05) is 0 Å². The summed E-state index contributed by atoms with van der Waals surface area (Å²) in [7, 11) is 0. The van der Waals surface area contributed by atoms with Gasteiger partial charge in [-0.2, -0.15) is 0 Å². The first kappa shape index (κ1) is 13.3. The molecule has 21 heavy (non-hydrogen) atoms. The van der Waals surface area contributed by atoms with Crippen LogP contribution in [-0.4, -0.2) is 50.9 Å². The smallest absolute Gasteiger partial charge is 0.110 e. The number of rotatable bonds is 2. The standard InChI is InChI=1S/C17H24N4/c1-13-10-19-8-5-6-15(19)11-20(13)12-16-17-7-3-4-9-21(17)14(2)18-16/h3-4,7,9,13,15H,5-6,8,10-12H2,1-2H3/t13-,15-/m1/s1. The molecule has 4 rings (SSSR count). The highest BCUT2D eigenvalue weighted by atomic mass is 15.3. The fourth-order valence-electron chi connectivity index (χ4n) is 4.04. The molecule has 0 N–H and O–H groups in total. The Labute approximate surface area is 126 Å². The van der Waals surface area contributed by atoms with Gasteiger partial charge in [0.05, 0.1) is 11.2 Å². The third-order valence-corrected chi connectivity index (χ3v) is 5.22. The molecule has 2 aliphatic heterocycles. The highest BCUT2D eigenvalue weighted by molar-refractivity contribution is 5.53. The fraction of sp³-hybridized carbons (Fsp3) is 0.588. The molecule has 0 aromatic carbocycles. The Hall–Kier alpha value is -1.39. The largest absolute Gasteiger partial charge is 0.304 e. The first-order chi connectivity index (χ1) is 10.2. The van der Waals surface area contributed by atoms with Gasteiger partial charge in [-0.05, 0) is 45.4 Å². The Morgan fingerprint density at radius 2 is 2.19 bits per heavy atom. The van der Waals surface area contributed by atoms with Gasteiger partial charge < -0.3 is 4.40 Å². The second-order valence-corrected chi connectivity index (χ2v) is 6.63. The van der Waals surface area contributed by atoms with Gasteiger partial charge in [0.25, 0.3) is 0 Å². The molecule has 2 atom stereocenters. The fourth-order valence-corrected chi connectivity index (χ4v) is 4.04. The van der Waals surface area contributed by atoms with Crippen molar-refractivity contribution in [1.82, 2.24) is 19.2 Å². The highest BCUT2D eigenvalue weighted by Gasteiger charge is 2.34. The number of hydrogen-bond acceptors (Lipinski definition) is 3. The van der Waals surface area contributed by atoms with Crippen LogP contribution in [0.4, 0.5) is 0 Å². The molecule has 4 nitrogen and oxygen atoms in total. The van der Waals surface area contributed by atoms with Gasteiger partial charge in [0.1, 0.15) is 5.82 Å². The minimum Gasteiger partial charge on any atom is -0.304 e. The zero-order valence-corrected chi connectivity index (χ0v) is 13.0. The summed E-state index contributed by atoms with van der Waals surface area (Å²) in [6.07, 6.45) is 4.85. The summed E-state index contributed by atoms with van der Waals surface area (Å²) in [5, 5.41) is 0. The maximum atomic E-state index is 4.81. The van der Waals surface area contributed by atoms with E-state index in [1.165, 1.54) is 43.7 Å². The van der Waals surface area contributed by atoms with Crippen LogP contribution in [0, 0.1) is 6.92 Å². The first-order valence-electron chi connectivity index (χ1n) is 8.13. The lowest BCUT2D eigenvalue weighted by atomic mass is 10.1. The molecule has 0 saturated carbocycles. The van der Waals surface area contributed by atoms with Crippen LogP contribution in [0.1, 0.15) is 31.3 Å². The van der Waals surface area contributed by atoms with Gasteiger partial charge in [-0.15, -0.1) is 0 Å². The lowest BCUT2D eigenvalue weighted by Crippen LogP contribution is -2.54. The summed E-state index contributed by atoms with van der Waals surface area (Å²) in [5.41, 5.74) is 2.49. The van der Waals surface area contributed by atoms with Crippen molar-refractivity contribution in [2.75, 3.05) is 19.6 Å². The molecule has 0 amide bonds. The van der Waals surface area contributed by atoms with Crippen molar-refractivity contribution in [2.24, 2.45) is 0 Å². The number of pyridine rings is 1. The third-order valence-electron chi connectivity index (χ3n) is 5.22. The lowest BCUT2D eigenvalue weighted by Gasteiger charge is -2.42. The van der Waals surface area contributed by atoms with E-state index in [2.05, 4.69) is 52.4 Å². The number of hydrogen-bond donors (Lipinski definition) is 0. The average Bonchev–Trinajstić information content (AvgIpc) is 3.05. The van der Waals surface area contributed by atoms with E-state index in [9.17, 15) is 0 Å². The molecule has 0 aliphatic carbocycles. The highest BCUT2D eigenvalue weighted by Crippen LogP contribution is 2.26. The van der Waals surface area contributed by atoms with Crippen molar-refractivity contribution in [3.63, 3.8) is 0 Å². The molecule has 0 unspecified atom stereocenters. The van der Waals surface area contributed by atoms with Crippen LogP contribution in [0.5, 0.6) is 0 Å². The number of aryl methyl sites for hydroxylation is 1. The summed E-state index contributed by atoms with van der Waals surface area (Å²) in [4.78, 5) is 10.1. The van der Waals surface area contributed by atoms with Crippen LogP contribution in [0.15, 0.2) is 24.4 Å². The molecule has 4 heterocycles. The monoisotopic (exact) mass is 284 g/mol. The number of piperazine rings is 1. The van der Waals surface area contributed by atoms with E-state index in [1.54, 1.807) is 0 Å². The van der Waals surface area contributed by atoms with E-state index < -0.39 is 0 Å². The van der Waals surface area contributed by atoms with Gasteiger partial charge in [-0.25, -0.2) is 4.98 Å². The normalized spacial score (nSPS) is 27.3. The van der Waals surface area contributed by atoms with Gasteiger partial charge in [-0.3, -0.25) is 9.80 Å². The zero-order chi connectivity index (χ0) is 14.4. The molecule has 0 bridgehead atoms. The Morgan fingerprint density at radius 3 is 3.10 bits per heavy atom. The maximum Gasteiger partial charge on any atom is 0.110 e. The second kappa shape index (κ2) is 5.11. The van der Waals surface area contributed by atoms with E-state index in [0.717, 1.165) is 18.4 Å². The quantitative estimate of drug-likeness (QED) is 0.845. The predicted molar refractivity (Wildman–Crippen MR) is 84.4 cm³/mol. The van der Waals surface area contributed by atoms with E-state index in [4.69, 9.17) is 4.98 Å². The van der Waals surface area contributed by atoms with Gasteiger partial charge in [-0.1, -0.05) is 6.07 Å². The molecule has 112 valence electrons. The minimum absolute atomic E-state index is 0.625. The summed E-state index contributed by atoms with van der Waals surface area (Å²) in [6, 6.07) is 7.77. The molecule has 0 radical (unpaired) electrons. The molecule has 2 aliphatic rings. The van der Waals surface area contributed by atoms with E-state index in [-0.39, 0.29) is 0 Å².